The van der Waals surface area contributed by atoms with Gasteiger partial charge < -0.3 is 10.1 Å². The number of aromatic nitrogens is 3. The quantitative estimate of drug-likeness (QED) is 0.815. The molecule has 23 heavy (non-hydrogen) atoms. The van der Waals surface area contributed by atoms with Gasteiger partial charge in [-0.1, -0.05) is 6.07 Å². The zero-order chi connectivity index (χ0) is 16.2. The van der Waals surface area contributed by atoms with Crippen LogP contribution >= 0.6 is 0 Å². The van der Waals surface area contributed by atoms with Crippen LogP contribution < -0.4 is 5.32 Å². The highest BCUT2D eigenvalue weighted by Crippen LogP contribution is 2.21. The Morgan fingerprint density at radius 2 is 2.22 bits per heavy atom. The van der Waals surface area contributed by atoms with Crippen molar-refractivity contribution in [2.75, 3.05) is 6.61 Å². The van der Waals surface area contributed by atoms with E-state index in [0.29, 0.717) is 17.0 Å². The van der Waals surface area contributed by atoms with E-state index in [4.69, 9.17) is 4.74 Å². The van der Waals surface area contributed by atoms with Crippen LogP contribution in [0, 0.1) is 0 Å². The highest BCUT2D eigenvalue weighted by molar-refractivity contribution is 5.95. The standard InChI is InChI=1S/C16H18N4O3/c1-2-23-16(22)12-9-20(10-14(21)18-11-6-7-11)19-15(12)13-5-3-4-8-17-13/h3-5,8-9,11H,2,6-7,10H2,1H3,(H,18,21). The predicted molar refractivity (Wildman–Crippen MR) is 82.6 cm³/mol. The van der Waals surface area contributed by atoms with Crippen molar-refractivity contribution >= 4 is 11.9 Å². The summed E-state index contributed by atoms with van der Waals surface area (Å²) in [4.78, 5) is 28.3. The van der Waals surface area contributed by atoms with Crippen molar-refractivity contribution in [2.24, 2.45) is 0 Å². The summed E-state index contributed by atoms with van der Waals surface area (Å²) in [6.07, 6.45) is 5.22. The van der Waals surface area contributed by atoms with Gasteiger partial charge in [0.2, 0.25) is 5.91 Å². The first-order valence-corrected chi connectivity index (χ1v) is 7.62. The number of ether oxygens (including phenoxy) is 1. The Bertz CT molecular complexity index is 707. The van der Waals surface area contributed by atoms with Crippen molar-refractivity contribution in [2.45, 2.75) is 32.4 Å². The molecule has 3 rings (SSSR count). The normalized spacial score (nSPS) is 13.6. The molecule has 1 fully saturated rings. The Labute approximate surface area is 133 Å². The average molecular weight is 314 g/mol. The molecule has 1 aliphatic rings. The van der Waals surface area contributed by atoms with E-state index in [9.17, 15) is 9.59 Å². The number of amides is 1. The maximum Gasteiger partial charge on any atom is 0.342 e. The van der Waals surface area contributed by atoms with Gasteiger partial charge in [-0.3, -0.25) is 14.5 Å². The molecule has 0 saturated heterocycles. The molecule has 0 spiro atoms. The molecule has 7 heteroatoms. The van der Waals surface area contributed by atoms with Crippen LogP contribution in [0.4, 0.5) is 0 Å². The fraction of sp³-hybridized carbons (Fsp3) is 0.375. The highest BCUT2D eigenvalue weighted by Gasteiger charge is 2.24. The van der Waals surface area contributed by atoms with Crippen LogP contribution in [-0.4, -0.2) is 39.3 Å². The molecule has 0 aromatic carbocycles. The summed E-state index contributed by atoms with van der Waals surface area (Å²) in [5.74, 6) is -0.583. The molecule has 0 unspecified atom stereocenters. The van der Waals surface area contributed by atoms with E-state index in [0.717, 1.165) is 12.8 Å². The van der Waals surface area contributed by atoms with Crippen molar-refractivity contribution < 1.29 is 14.3 Å². The van der Waals surface area contributed by atoms with Crippen molar-refractivity contribution in [3.63, 3.8) is 0 Å². The molecule has 0 bridgehead atoms. The molecule has 120 valence electrons. The zero-order valence-corrected chi connectivity index (χ0v) is 12.9. The lowest BCUT2D eigenvalue weighted by atomic mass is 10.2. The van der Waals surface area contributed by atoms with E-state index < -0.39 is 5.97 Å². The van der Waals surface area contributed by atoms with Crippen LogP contribution in [0.3, 0.4) is 0 Å². The van der Waals surface area contributed by atoms with E-state index in [1.165, 1.54) is 10.9 Å². The van der Waals surface area contributed by atoms with Crippen LogP contribution in [-0.2, 0) is 16.1 Å². The summed E-state index contributed by atoms with van der Waals surface area (Å²) in [7, 11) is 0. The zero-order valence-electron chi connectivity index (χ0n) is 12.9. The first-order chi connectivity index (χ1) is 11.2. The molecule has 1 aliphatic carbocycles. The Morgan fingerprint density at radius 3 is 2.87 bits per heavy atom. The molecular weight excluding hydrogens is 296 g/mol. The van der Waals surface area contributed by atoms with Crippen molar-refractivity contribution in [3.8, 4) is 11.4 Å². The molecule has 1 saturated carbocycles. The summed E-state index contributed by atoms with van der Waals surface area (Å²) in [5.41, 5.74) is 1.30. The van der Waals surface area contributed by atoms with E-state index in [2.05, 4.69) is 15.4 Å². The molecule has 2 aromatic heterocycles. The molecule has 1 N–H and O–H groups in total. The number of pyridine rings is 1. The second kappa shape index (κ2) is 6.60. The van der Waals surface area contributed by atoms with Crippen molar-refractivity contribution in [1.82, 2.24) is 20.1 Å². The average Bonchev–Trinajstić information content (AvgIpc) is 3.25. The summed E-state index contributed by atoms with van der Waals surface area (Å²) in [5, 5.41) is 7.24. The van der Waals surface area contributed by atoms with Gasteiger partial charge in [0.1, 0.15) is 17.8 Å². The van der Waals surface area contributed by atoms with Gasteiger partial charge in [-0.15, -0.1) is 0 Å². The lowest BCUT2D eigenvalue weighted by Crippen LogP contribution is -2.29. The Balaban J connectivity index is 1.86. The molecule has 0 aliphatic heterocycles. The fourth-order valence-corrected chi connectivity index (χ4v) is 2.20. The van der Waals surface area contributed by atoms with E-state index in [-0.39, 0.29) is 25.1 Å². The Kier molecular flexibility index (Phi) is 4.36. The van der Waals surface area contributed by atoms with Gasteiger partial charge in [0.05, 0.1) is 12.3 Å². The second-order valence-electron chi connectivity index (χ2n) is 5.37. The smallest absolute Gasteiger partial charge is 0.342 e. The number of nitrogens with one attached hydrogen (secondary N) is 1. The third-order valence-electron chi connectivity index (χ3n) is 3.41. The molecule has 0 radical (unpaired) electrons. The van der Waals surface area contributed by atoms with Crippen LogP contribution in [0.5, 0.6) is 0 Å². The topological polar surface area (TPSA) is 86.1 Å². The number of hydrogen-bond acceptors (Lipinski definition) is 5. The fourth-order valence-electron chi connectivity index (χ4n) is 2.20. The van der Waals surface area contributed by atoms with Crippen molar-refractivity contribution in [3.05, 3.63) is 36.2 Å². The number of esters is 1. The number of carbonyl (C=O) groups is 2. The van der Waals surface area contributed by atoms with Gasteiger partial charge >= 0.3 is 5.97 Å². The van der Waals surface area contributed by atoms with Gasteiger partial charge in [0.25, 0.3) is 0 Å². The minimum atomic E-state index is -0.470. The lowest BCUT2D eigenvalue weighted by Gasteiger charge is -2.02. The number of hydrogen-bond donors (Lipinski definition) is 1. The lowest BCUT2D eigenvalue weighted by molar-refractivity contribution is -0.122. The third kappa shape index (κ3) is 3.74. The molecule has 1 amide bonds. The minimum absolute atomic E-state index is 0.0652. The maximum absolute atomic E-state index is 12.1. The van der Waals surface area contributed by atoms with E-state index >= 15 is 0 Å². The Morgan fingerprint density at radius 1 is 1.39 bits per heavy atom. The van der Waals surface area contributed by atoms with Gasteiger partial charge in [0, 0.05) is 18.4 Å². The molecule has 0 atom stereocenters. The largest absolute Gasteiger partial charge is 0.462 e. The maximum atomic E-state index is 12.1. The second-order valence-corrected chi connectivity index (χ2v) is 5.37. The molecule has 2 heterocycles. The van der Waals surface area contributed by atoms with Gasteiger partial charge in [-0.2, -0.15) is 5.10 Å². The van der Waals surface area contributed by atoms with Crippen LogP contribution in [0.15, 0.2) is 30.6 Å². The van der Waals surface area contributed by atoms with Gasteiger partial charge in [-0.05, 0) is 31.9 Å². The summed E-state index contributed by atoms with van der Waals surface area (Å²) in [6.45, 7) is 2.08. The van der Waals surface area contributed by atoms with E-state index in [1.807, 2.05) is 6.07 Å². The van der Waals surface area contributed by atoms with Crippen molar-refractivity contribution in [1.29, 1.82) is 0 Å². The van der Waals surface area contributed by atoms with Gasteiger partial charge in [-0.25, -0.2) is 4.79 Å². The van der Waals surface area contributed by atoms with Crippen LogP contribution in [0.2, 0.25) is 0 Å². The van der Waals surface area contributed by atoms with E-state index in [1.54, 1.807) is 25.3 Å². The number of carbonyl (C=O) groups excluding carboxylic acids is 2. The number of rotatable bonds is 6. The summed E-state index contributed by atoms with van der Waals surface area (Å²) >= 11 is 0. The third-order valence-corrected chi connectivity index (χ3v) is 3.41. The number of nitrogens with zero attached hydrogens (tertiary/aromatic N) is 3. The molecule has 7 nitrogen and oxygen atoms in total. The minimum Gasteiger partial charge on any atom is -0.462 e. The summed E-state index contributed by atoms with van der Waals surface area (Å²) < 4.78 is 6.51. The first-order valence-electron chi connectivity index (χ1n) is 7.62. The summed E-state index contributed by atoms with van der Waals surface area (Å²) in [6, 6.07) is 5.65. The monoisotopic (exact) mass is 314 g/mol. The molecular formula is C16H18N4O3. The Hall–Kier alpha value is -2.70. The SMILES string of the molecule is CCOC(=O)c1cn(CC(=O)NC2CC2)nc1-c1ccccn1. The highest BCUT2D eigenvalue weighted by atomic mass is 16.5. The predicted octanol–water partition coefficient (Wildman–Crippen LogP) is 1.40. The molecule has 2 aromatic rings. The van der Waals surface area contributed by atoms with Gasteiger partial charge in [0.15, 0.2) is 0 Å². The first kappa shape index (κ1) is 15.2. The van der Waals surface area contributed by atoms with Crippen LogP contribution in [0.25, 0.3) is 11.4 Å². The van der Waals surface area contributed by atoms with Crippen LogP contribution in [0.1, 0.15) is 30.1 Å².